The largest absolute Gasteiger partial charge is 0.394 e. The van der Waals surface area contributed by atoms with Crippen LogP contribution in [0.3, 0.4) is 0 Å². The third-order valence-corrected chi connectivity index (χ3v) is 3.01. The monoisotopic (exact) mass is 243 g/mol. The van der Waals surface area contributed by atoms with Gasteiger partial charge in [0.1, 0.15) is 12.3 Å². The number of urea groups is 1. The van der Waals surface area contributed by atoms with Crippen LogP contribution in [0.1, 0.15) is 13.3 Å². The molecule has 2 aliphatic rings. The molecule has 2 heterocycles. The van der Waals surface area contributed by atoms with Crippen LogP contribution in [0, 0.1) is 5.92 Å². The lowest BCUT2D eigenvalue weighted by molar-refractivity contribution is -0.121. The van der Waals surface area contributed by atoms with Gasteiger partial charge < -0.3 is 14.9 Å². The normalized spacial score (nSPS) is 35.2. The van der Waals surface area contributed by atoms with Gasteiger partial charge in [0.05, 0.1) is 18.6 Å². The number of carbonyl (C=O) groups excluding carboxylic acids is 2. The summed E-state index contributed by atoms with van der Waals surface area (Å²) in [6, 6.07) is -0.531. The van der Waals surface area contributed by atoms with Crippen LogP contribution in [0.25, 0.3) is 0 Å². The van der Waals surface area contributed by atoms with E-state index >= 15 is 0 Å². The summed E-state index contributed by atoms with van der Waals surface area (Å²) >= 11 is 0. The molecule has 17 heavy (non-hydrogen) atoms. The first-order valence-corrected chi connectivity index (χ1v) is 5.41. The molecule has 2 aliphatic heterocycles. The molecule has 2 saturated heterocycles. The van der Waals surface area contributed by atoms with Crippen molar-refractivity contribution in [2.24, 2.45) is 0 Å². The maximum Gasteiger partial charge on any atom is 0.326 e. The third-order valence-electron chi connectivity index (χ3n) is 3.01. The van der Waals surface area contributed by atoms with E-state index in [4.69, 9.17) is 9.84 Å². The molecule has 1 radical (unpaired) electrons. The Morgan fingerprint density at radius 3 is 2.82 bits per heavy atom. The van der Waals surface area contributed by atoms with Gasteiger partial charge in [0.2, 0.25) is 5.91 Å². The summed E-state index contributed by atoms with van der Waals surface area (Å²) in [5.41, 5.74) is 0. The molecule has 2 fully saturated rings. The van der Waals surface area contributed by atoms with Crippen LogP contribution in [0.2, 0.25) is 0 Å². The van der Waals surface area contributed by atoms with Gasteiger partial charge in [-0.05, 0) is 6.92 Å². The van der Waals surface area contributed by atoms with Crippen molar-refractivity contribution < 1.29 is 24.5 Å². The van der Waals surface area contributed by atoms with Crippen LogP contribution in [-0.4, -0.2) is 58.6 Å². The van der Waals surface area contributed by atoms with E-state index in [9.17, 15) is 14.7 Å². The summed E-state index contributed by atoms with van der Waals surface area (Å²) in [4.78, 5) is 24.2. The van der Waals surface area contributed by atoms with E-state index in [-0.39, 0.29) is 25.5 Å². The maximum atomic E-state index is 11.6. The number of aliphatic hydroxyl groups excluding tert-OH is 2. The fourth-order valence-corrected chi connectivity index (χ4v) is 1.98. The Balaban J connectivity index is 2.03. The molecule has 0 aromatic rings. The average molecular weight is 243 g/mol. The number of rotatable bonds is 2. The Kier molecular flexibility index (Phi) is 3.32. The summed E-state index contributed by atoms with van der Waals surface area (Å²) in [5.74, 6) is 0.124. The van der Waals surface area contributed by atoms with Crippen molar-refractivity contribution in [3.63, 3.8) is 0 Å². The van der Waals surface area contributed by atoms with Gasteiger partial charge in [-0.1, -0.05) is 0 Å². The van der Waals surface area contributed by atoms with Gasteiger partial charge in [-0.15, -0.1) is 0 Å². The van der Waals surface area contributed by atoms with Gasteiger partial charge in [-0.2, -0.15) is 0 Å². The molecule has 0 aliphatic carbocycles. The molecule has 3 N–H and O–H groups in total. The van der Waals surface area contributed by atoms with Gasteiger partial charge in [-0.3, -0.25) is 15.0 Å². The van der Waals surface area contributed by atoms with Crippen LogP contribution >= 0.6 is 0 Å². The van der Waals surface area contributed by atoms with Crippen molar-refractivity contribution in [2.75, 3.05) is 13.2 Å². The van der Waals surface area contributed by atoms with Crippen molar-refractivity contribution in [2.45, 2.75) is 31.8 Å². The lowest BCUT2D eigenvalue weighted by Crippen LogP contribution is -2.56. The number of hydrogen-bond donors (Lipinski definition) is 3. The Morgan fingerprint density at radius 2 is 2.24 bits per heavy atom. The van der Waals surface area contributed by atoms with Crippen molar-refractivity contribution in [3.05, 3.63) is 5.92 Å². The molecule has 95 valence electrons. The predicted molar refractivity (Wildman–Crippen MR) is 55.5 cm³/mol. The smallest absolute Gasteiger partial charge is 0.326 e. The van der Waals surface area contributed by atoms with Crippen LogP contribution < -0.4 is 5.32 Å². The number of nitrogens with zero attached hydrogens (tertiary/aromatic N) is 1. The number of aliphatic hydroxyl groups is 2. The zero-order chi connectivity index (χ0) is 12.6. The Hall–Kier alpha value is -1.18. The highest BCUT2D eigenvalue weighted by atomic mass is 16.5. The van der Waals surface area contributed by atoms with Crippen LogP contribution in [0.4, 0.5) is 4.79 Å². The standard InChI is InChI=1S/C10H15N2O5/c1-5-3-12(10(16)11-9(5)15)8-2-6(14)7(4-13)17-8/h6-8,13-14H,2-4H2,1H3,(H,11,15,16)/t6-,7+,8+/m0/s1. The molecular weight excluding hydrogens is 228 g/mol. The van der Waals surface area contributed by atoms with E-state index in [0.717, 1.165) is 0 Å². The lowest BCUT2D eigenvalue weighted by Gasteiger charge is -2.33. The molecular formula is C10H15N2O5. The molecule has 0 spiro atoms. The lowest BCUT2D eigenvalue weighted by atomic mass is 10.1. The van der Waals surface area contributed by atoms with E-state index < -0.39 is 24.5 Å². The number of hydrogen-bond acceptors (Lipinski definition) is 5. The summed E-state index contributed by atoms with van der Waals surface area (Å²) in [6.07, 6.45) is -1.84. The number of amides is 3. The van der Waals surface area contributed by atoms with E-state index in [1.807, 2.05) is 0 Å². The quantitative estimate of drug-likeness (QED) is 0.554. The number of nitrogens with one attached hydrogen (secondary N) is 1. The molecule has 3 amide bonds. The molecule has 0 aromatic heterocycles. The number of ether oxygens (including phenoxy) is 1. The molecule has 7 heteroatoms. The SMILES string of the molecule is C[C]1CN([C@H]2C[C@H](O)[C@@H](CO)O2)C(=O)NC1=O. The second kappa shape index (κ2) is 4.59. The second-order valence-corrected chi connectivity index (χ2v) is 4.28. The molecule has 0 bridgehead atoms. The van der Waals surface area contributed by atoms with Gasteiger partial charge in [0.25, 0.3) is 0 Å². The summed E-state index contributed by atoms with van der Waals surface area (Å²) in [5, 5.41) is 20.7. The number of carbonyl (C=O) groups is 2. The van der Waals surface area contributed by atoms with E-state index in [1.165, 1.54) is 4.90 Å². The van der Waals surface area contributed by atoms with E-state index in [2.05, 4.69) is 5.32 Å². The zero-order valence-corrected chi connectivity index (χ0v) is 9.42. The van der Waals surface area contributed by atoms with Crippen LogP contribution in [0.5, 0.6) is 0 Å². The molecule has 2 rings (SSSR count). The maximum absolute atomic E-state index is 11.6. The van der Waals surface area contributed by atoms with Crippen molar-refractivity contribution >= 4 is 11.9 Å². The summed E-state index contributed by atoms with van der Waals surface area (Å²) < 4.78 is 5.36. The minimum Gasteiger partial charge on any atom is -0.394 e. The van der Waals surface area contributed by atoms with Crippen molar-refractivity contribution in [1.29, 1.82) is 0 Å². The molecule has 0 unspecified atom stereocenters. The number of imide groups is 1. The predicted octanol–water partition coefficient (Wildman–Crippen LogP) is -1.40. The summed E-state index contributed by atoms with van der Waals surface area (Å²) in [6.45, 7) is 1.51. The molecule has 3 atom stereocenters. The minimum atomic E-state index is -0.796. The first-order chi connectivity index (χ1) is 8.02. The van der Waals surface area contributed by atoms with Gasteiger partial charge in [-0.25, -0.2) is 4.79 Å². The van der Waals surface area contributed by atoms with Gasteiger partial charge in [0, 0.05) is 13.0 Å². The Morgan fingerprint density at radius 1 is 1.53 bits per heavy atom. The first-order valence-electron chi connectivity index (χ1n) is 5.41. The van der Waals surface area contributed by atoms with Gasteiger partial charge >= 0.3 is 6.03 Å². The fraction of sp³-hybridized carbons (Fsp3) is 0.700. The van der Waals surface area contributed by atoms with Crippen LogP contribution in [0.15, 0.2) is 0 Å². The van der Waals surface area contributed by atoms with Crippen molar-refractivity contribution in [1.82, 2.24) is 10.2 Å². The topological polar surface area (TPSA) is 99.1 Å². The summed E-state index contributed by atoms with van der Waals surface area (Å²) in [7, 11) is 0. The molecule has 0 aromatic carbocycles. The Labute approximate surface area is 98.3 Å². The zero-order valence-electron chi connectivity index (χ0n) is 9.42. The first kappa shape index (κ1) is 12.3. The minimum absolute atomic E-state index is 0.181. The fourth-order valence-electron chi connectivity index (χ4n) is 1.98. The molecule has 7 nitrogen and oxygen atoms in total. The third kappa shape index (κ3) is 2.26. The van der Waals surface area contributed by atoms with Crippen LogP contribution in [-0.2, 0) is 9.53 Å². The van der Waals surface area contributed by atoms with E-state index in [1.54, 1.807) is 6.92 Å². The second-order valence-electron chi connectivity index (χ2n) is 4.28. The van der Waals surface area contributed by atoms with Crippen molar-refractivity contribution in [3.8, 4) is 0 Å². The van der Waals surface area contributed by atoms with E-state index in [0.29, 0.717) is 5.92 Å². The highest BCUT2D eigenvalue weighted by molar-refractivity contribution is 6.04. The highest BCUT2D eigenvalue weighted by Crippen LogP contribution is 2.25. The Bertz CT molecular complexity index is 335. The highest BCUT2D eigenvalue weighted by Gasteiger charge is 2.42. The average Bonchev–Trinajstić information content (AvgIpc) is 2.65. The van der Waals surface area contributed by atoms with Gasteiger partial charge in [0.15, 0.2) is 0 Å². The molecule has 0 saturated carbocycles.